The van der Waals surface area contributed by atoms with Crippen LogP contribution in [-0.2, 0) is 0 Å². The standard InChI is InChI=1S/C13H25NS/c1-3-14-12-8-9-13(10(12)2)15-11-6-4-5-7-11/h10-14H,3-9H2,1-2H3. The van der Waals surface area contributed by atoms with E-state index in [1.807, 2.05) is 0 Å². The summed E-state index contributed by atoms with van der Waals surface area (Å²) in [5, 5.41) is 5.58. The minimum absolute atomic E-state index is 0.800. The van der Waals surface area contributed by atoms with Crippen molar-refractivity contribution >= 4 is 11.8 Å². The van der Waals surface area contributed by atoms with Crippen molar-refractivity contribution < 1.29 is 0 Å². The van der Waals surface area contributed by atoms with E-state index in [0.29, 0.717) is 0 Å². The molecule has 0 bridgehead atoms. The average Bonchev–Trinajstić information content (AvgIpc) is 2.83. The van der Waals surface area contributed by atoms with Gasteiger partial charge in [0.25, 0.3) is 0 Å². The van der Waals surface area contributed by atoms with Crippen LogP contribution < -0.4 is 5.32 Å². The van der Waals surface area contributed by atoms with Gasteiger partial charge in [0.1, 0.15) is 0 Å². The van der Waals surface area contributed by atoms with Gasteiger partial charge >= 0.3 is 0 Å². The maximum Gasteiger partial charge on any atom is 0.0103 e. The van der Waals surface area contributed by atoms with Gasteiger partial charge < -0.3 is 5.32 Å². The molecule has 1 N–H and O–H groups in total. The third-order valence-electron chi connectivity index (χ3n) is 4.12. The minimum atomic E-state index is 0.800. The van der Waals surface area contributed by atoms with Crippen LogP contribution in [0, 0.1) is 5.92 Å². The summed E-state index contributed by atoms with van der Waals surface area (Å²) < 4.78 is 0. The third-order valence-corrected chi connectivity index (χ3v) is 5.99. The molecule has 0 heterocycles. The van der Waals surface area contributed by atoms with Gasteiger partial charge in [-0.15, -0.1) is 0 Å². The Labute approximate surface area is 98.8 Å². The SMILES string of the molecule is CCNC1CCC(SC2CCCC2)C1C. The Morgan fingerprint density at radius 2 is 1.87 bits per heavy atom. The first-order valence-electron chi connectivity index (χ1n) is 6.70. The second kappa shape index (κ2) is 5.58. The van der Waals surface area contributed by atoms with Crippen molar-refractivity contribution in [3.05, 3.63) is 0 Å². The van der Waals surface area contributed by atoms with Gasteiger partial charge in [-0.2, -0.15) is 11.8 Å². The maximum atomic E-state index is 3.64. The van der Waals surface area contributed by atoms with Crippen molar-refractivity contribution in [1.29, 1.82) is 0 Å². The van der Waals surface area contributed by atoms with Crippen LogP contribution in [0.15, 0.2) is 0 Å². The predicted octanol–water partition coefficient (Wildman–Crippen LogP) is 3.44. The Hall–Kier alpha value is 0.310. The fourth-order valence-corrected chi connectivity index (χ4v) is 4.95. The van der Waals surface area contributed by atoms with Crippen molar-refractivity contribution in [2.24, 2.45) is 5.92 Å². The average molecular weight is 227 g/mol. The van der Waals surface area contributed by atoms with Crippen LogP contribution in [0.2, 0.25) is 0 Å². The van der Waals surface area contributed by atoms with E-state index in [9.17, 15) is 0 Å². The molecule has 0 aromatic rings. The quantitative estimate of drug-likeness (QED) is 0.789. The van der Waals surface area contributed by atoms with E-state index < -0.39 is 0 Å². The molecule has 2 saturated carbocycles. The summed E-state index contributed by atoms with van der Waals surface area (Å²) in [6.07, 6.45) is 8.78. The van der Waals surface area contributed by atoms with Crippen LogP contribution in [0.3, 0.4) is 0 Å². The Morgan fingerprint density at radius 1 is 1.13 bits per heavy atom. The molecule has 2 fully saturated rings. The van der Waals surface area contributed by atoms with Gasteiger partial charge in [0.05, 0.1) is 0 Å². The first-order chi connectivity index (χ1) is 7.31. The third kappa shape index (κ3) is 2.91. The highest BCUT2D eigenvalue weighted by atomic mass is 32.2. The number of rotatable bonds is 4. The van der Waals surface area contributed by atoms with Crippen molar-refractivity contribution in [1.82, 2.24) is 5.32 Å². The Morgan fingerprint density at radius 3 is 2.53 bits per heavy atom. The molecular formula is C13H25NS. The van der Waals surface area contributed by atoms with Crippen molar-refractivity contribution in [3.63, 3.8) is 0 Å². The summed E-state index contributed by atoms with van der Waals surface area (Å²) in [7, 11) is 0. The summed E-state index contributed by atoms with van der Waals surface area (Å²) in [6, 6.07) is 0.800. The predicted molar refractivity (Wildman–Crippen MR) is 69.5 cm³/mol. The molecule has 2 aliphatic carbocycles. The second-order valence-corrected chi connectivity index (χ2v) is 6.73. The van der Waals surface area contributed by atoms with Crippen LogP contribution in [0.1, 0.15) is 52.4 Å². The molecule has 15 heavy (non-hydrogen) atoms. The summed E-state index contributed by atoms with van der Waals surface area (Å²) in [4.78, 5) is 0. The smallest absolute Gasteiger partial charge is 0.0103 e. The van der Waals surface area contributed by atoms with Gasteiger partial charge in [-0.3, -0.25) is 0 Å². The molecule has 0 spiro atoms. The highest BCUT2D eigenvalue weighted by Crippen LogP contribution is 2.41. The van der Waals surface area contributed by atoms with Crippen LogP contribution in [-0.4, -0.2) is 23.1 Å². The van der Waals surface area contributed by atoms with E-state index in [1.165, 1.54) is 38.5 Å². The van der Waals surface area contributed by atoms with E-state index in [2.05, 4.69) is 30.9 Å². The molecule has 0 aliphatic heterocycles. The zero-order chi connectivity index (χ0) is 10.7. The van der Waals surface area contributed by atoms with Gasteiger partial charge in [0.15, 0.2) is 0 Å². The Kier molecular flexibility index (Phi) is 4.39. The minimum Gasteiger partial charge on any atom is -0.314 e. The molecule has 0 radical (unpaired) electrons. The fraction of sp³-hybridized carbons (Fsp3) is 1.00. The molecule has 2 aliphatic rings. The summed E-state index contributed by atoms with van der Waals surface area (Å²) >= 11 is 2.31. The summed E-state index contributed by atoms with van der Waals surface area (Å²) in [5.74, 6) is 0.885. The van der Waals surface area contributed by atoms with Crippen LogP contribution in [0.25, 0.3) is 0 Å². The summed E-state index contributed by atoms with van der Waals surface area (Å²) in [5.41, 5.74) is 0. The topological polar surface area (TPSA) is 12.0 Å². The van der Waals surface area contributed by atoms with Crippen LogP contribution in [0.4, 0.5) is 0 Å². The highest BCUT2D eigenvalue weighted by molar-refractivity contribution is 8.00. The van der Waals surface area contributed by atoms with Crippen LogP contribution in [0.5, 0.6) is 0 Å². The van der Waals surface area contributed by atoms with Crippen molar-refractivity contribution in [2.75, 3.05) is 6.54 Å². The van der Waals surface area contributed by atoms with Gasteiger partial charge in [0.2, 0.25) is 0 Å². The lowest BCUT2D eigenvalue weighted by molar-refractivity contribution is 0.441. The number of hydrogen-bond acceptors (Lipinski definition) is 2. The zero-order valence-corrected chi connectivity index (χ0v) is 11.0. The Bertz CT molecular complexity index is 189. The van der Waals surface area contributed by atoms with E-state index >= 15 is 0 Å². The van der Waals surface area contributed by atoms with Gasteiger partial charge in [0, 0.05) is 16.5 Å². The van der Waals surface area contributed by atoms with E-state index in [1.54, 1.807) is 0 Å². The van der Waals surface area contributed by atoms with Gasteiger partial charge in [-0.05, 0) is 38.1 Å². The summed E-state index contributed by atoms with van der Waals surface area (Å²) in [6.45, 7) is 5.81. The van der Waals surface area contributed by atoms with Gasteiger partial charge in [-0.1, -0.05) is 26.7 Å². The fourth-order valence-electron chi connectivity index (χ4n) is 3.14. The lowest BCUT2D eigenvalue weighted by Crippen LogP contribution is -2.33. The van der Waals surface area contributed by atoms with Crippen molar-refractivity contribution in [2.45, 2.75) is 68.9 Å². The molecule has 2 heteroatoms. The first-order valence-corrected chi connectivity index (χ1v) is 7.64. The van der Waals surface area contributed by atoms with E-state index in [-0.39, 0.29) is 0 Å². The number of thioether (sulfide) groups is 1. The Balaban J connectivity index is 1.78. The molecule has 3 atom stereocenters. The molecule has 2 rings (SSSR count). The molecule has 0 amide bonds. The first kappa shape index (κ1) is 11.8. The monoisotopic (exact) mass is 227 g/mol. The second-order valence-electron chi connectivity index (χ2n) is 5.18. The lowest BCUT2D eigenvalue weighted by atomic mass is 10.1. The number of nitrogens with one attached hydrogen (secondary N) is 1. The molecule has 0 saturated heterocycles. The molecule has 88 valence electrons. The van der Waals surface area contributed by atoms with Crippen LogP contribution >= 0.6 is 11.8 Å². The lowest BCUT2D eigenvalue weighted by Gasteiger charge is -2.23. The zero-order valence-electron chi connectivity index (χ0n) is 10.2. The molecule has 0 aromatic heterocycles. The largest absolute Gasteiger partial charge is 0.314 e. The highest BCUT2D eigenvalue weighted by Gasteiger charge is 2.34. The molecular weight excluding hydrogens is 202 g/mol. The number of hydrogen-bond donors (Lipinski definition) is 1. The normalized spacial score (nSPS) is 37.6. The molecule has 1 nitrogen and oxygen atoms in total. The molecule has 0 aromatic carbocycles. The van der Waals surface area contributed by atoms with E-state index in [4.69, 9.17) is 0 Å². The molecule has 3 unspecified atom stereocenters. The maximum absolute atomic E-state index is 3.64. The van der Waals surface area contributed by atoms with E-state index in [0.717, 1.165) is 29.0 Å². The van der Waals surface area contributed by atoms with Crippen molar-refractivity contribution in [3.8, 4) is 0 Å². The van der Waals surface area contributed by atoms with Gasteiger partial charge in [-0.25, -0.2) is 0 Å².